The van der Waals surface area contributed by atoms with E-state index in [0.717, 1.165) is 34.9 Å². The third-order valence-electron chi connectivity index (χ3n) is 5.74. The van der Waals surface area contributed by atoms with Crippen molar-refractivity contribution in [3.63, 3.8) is 0 Å². The van der Waals surface area contributed by atoms with Gasteiger partial charge in [0.25, 0.3) is 0 Å². The van der Waals surface area contributed by atoms with Crippen LogP contribution in [0.4, 0.5) is 0 Å². The monoisotopic (exact) mass is 362 g/mol. The topological polar surface area (TPSA) is 37.3 Å². The van der Waals surface area contributed by atoms with Crippen LogP contribution < -0.4 is 0 Å². The smallest absolute Gasteiger partial charge is 0.161 e. The van der Waals surface area contributed by atoms with E-state index in [1.54, 1.807) is 0 Å². The van der Waals surface area contributed by atoms with E-state index in [1.165, 1.54) is 0 Å². The van der Waals surface area contributed by atoms with Crippen molar-refractivity contribution in [3.8, 4) is 0 Å². The third kappa shape index (κ3) is 2.59. The van der Waals surface area contributed by atoms with Crippen LogP contribution in [0.3, 0.4) is 0 Å². The zero-order chi connectivity index (χ0) is 15.9. The first-order valence-electron chi connectivity index (χ1n) is 8.11. The van der Waals surface area contributed by atoms with Gasteiger partial charge in [-0.05, 0) is 48.5 Å². The lowest BCUT2D eigenvalue weighted by atomic mass is 9.54. The second-order valence-electron chi connectivity index (χ2n) is 7.08. The number of aliphatic hydroxyl groups is 1. The van der Waals surface area contributed by atoms with Crippen LogP contribution in [0.1, 0.15) is 45.1 Å². The molecule has 0 aliphatic heterocycles. The van der Waals surface area contributed by atoms with Crippen LogP contribution in [0.15, 0.2) is 34.3 Å². The largest absolute Gasteiger partial charge is 0.393 e. The fourth-order valence-corrected chi connectivity index (χ4v) is 4.78. The lowest BCUT2D eigenvalue weighted by molar-refractivity contribution is -0.133. The number of Topliss-reactive ketones (excluding diaryl/α,β-unsaturated/α-hetero) is 1. The highest BCUT2D eigenvalue weighted by molar-refractivity contribution is 9.10. The Balaban J connectivity index is 1.99. The van der Waals surface area contributed by atoms with Gasteiger partial charge in [-0.2, -0.15) is 0 Å². The summed E-state index contributed by atoms with van der Waals surface area (Å²) < 4.78 is 0.999. The molecule has 1 aromatic carbocycles. The number of hydrogen-bond donors (Lipinski definition) is 1. The van der Waals surface area contributed by atoms with Crippen molar-refractivity contribution in [2.24, 2.45) is 17.3 Å². The molecule has 0 spiro atoms. The highest BCUT2D eigenvalue weighted by Gasteiger charge is 2.51. The lowest BCUT2D eigenvalue weighted by Gasteiger charge is -2.51. The minimum Gasteiger partial charge on any atom is -0.393 e. The predicted molar refractivity (Wildman–Crippen MR) is 92.4 cm³/mol. The summed E-state index contributed by atoms with van der Waals surface area (Å²) in [5.41, 5.74) is 1.73. The number of allylic oxidation sites excluding steroid dienone is 1. The van der Waals surface area contributed by atoms with Crippen molar-refractivity contribution in [2.45, 2.75) is 45.6 Å². The summed E-state index contributed by atoms with van der Waals surface area (Å²) in [6, 6.07) is 7.96. The maximum Gasteiger partial charge on any atom is 0.161 e. The van der Waals surface area contributed by atoms with E-state index < -0.39 is 0 Å². The van der Waals surface area contributed by atoms with Crippen molar-refractivity contribution in [2.75, 3.05) is 0 Å². The molecule has 0 bridgehead atoms. The quantitative estimate of drug-likeness (QED) is 0.740. The molecule has 2 nitrogen and oxygen atoms in total. The second-order valence-corrected chi connectivity index (χ2v) is 7.93. The molecule has 2 saturated carbocycles. The van der Waals surface area contributed by atoms with Gasteiger partial charge in [-0.15, -0.1) is 0 Å². The number of ketones is 1. The number of fused-ring (bicyclic) bond motifs is 1. The molecule has 118 valence electrons. The molecule has 4 atom stereocenters. The van der Waals surface area contributed by atoms with Crippen LogP contribution >= 0.6 is 15.9 Å². The minimum atomic E-state index is -0.301. The van der Waals surface area contributed by atoms with Crippen LogP contribution in [-0.2, 0) is 4.79 Å². The van der Waals surface area contributed by atoms with Gasteiger partial charge in [0.2, 0.25) is 0 Å². The number of hydrogen-bond acceptors (Lipinski definition) is 2. The van der Waals surface area contributed by atoms with Gasteiger partial charge in [0.1, 0.15) is 0 Å². The van der Waals surface area contributed by atoms with Crippen LogP contribution in [0, 0.1) is 17.3 Å². The van der Waals surface area contributed by atoms with Gasteiger partial charge in [0, 0.05) is 15.8 Å². The van der Waals surface area contributed by atoms with Crippen molar-refractivity contribution in [1.29, 1.82) is 0 Å². The molecule has 2 aliphatic rings. The van der Waals surface area contributed by atoms with E-state index in [9.17, 15) is 9.90 Å². The summed E-state index contributed by atoms with van der Waals surface area (Å²) in [7, 11) is 0. The number of halogens is 1. The van der Waals surface area contributed by atoms with Gasteiger partial charge >= 0.3 is 0 Å². The molecule has 22 heavy (non-hydrogen) atoms. The zero-order valence-corrected chi connectivity index (χ0v) is 14.8. The highest BCUT2D eigenvalue weighted by Crippen LogP contribution is 2.53. The number of rotatable bonds is 1. The molecule has 0 heterocycles. The van der Waals surface area contributed by atoms with Crippen LogP contribution in [0.5, 0.6) is 0 Å². The Morgan fingerprint density at radius 3 is 2.77 bits per heavy atom. The van der Waals surface area contributed by atoms with Crippen molar-refractivity contribution >= 4 is 27.8 Å². The van der Waals surface area contributed by atoms with Gasteiger partial charge in [-0.3, -0.25) is 4.79 Å². The lowest BCUT2D eigenvalue weighted by Crippen LogP contribution is -2.51. The SMILES string of the molecule is CC1C(=O)C(=Cc2ccccc2Br)C[C@@]2(C)C1CCC[C@@H]2O. The van der Waals surface area contributed by atoms with Gasteiger partial charge in [0.05, 0.1) is 6.10 Å². The minimum absolute atomic E-state index is 0.00226. The average Bonchev–Trinajstić information content (AvgIpc) is 2.49. The van der Waals surface area contributed by atoms with Crippen molar-refractivity contribution in [3.05, 3.63) is 39.9 Å². The summed E-state index contributed by atoms with van der Waals surface area (Å²) >= 11 is 3.55. The van der Waals surface area contributed by atoms with E-state index in [0.29, 0.717) is 12.3 Å². The second kappa shape index (κ2) is 5.93. The van der Waals surface area contributed by atoms with Crippen LogP contribution in [0.2, 0.25) is 0 Å². The molecular weight excluding hydrogens is 340 g/mol. The van der Waals surface area contributed by atoms with E-state index in [-0.39, 0.29) is 23.2 Å². The molecule has 1 N–H and O–H groups in total. The molecule has 0 radical (unpaired) electrons. The third-order valence-corrected chi connectivity index (χ3v) is 6.46. The number of carbonyl (C=O) groups is 1. The molecule has 1 aromatic rings. The number of aliphatic hydroxyl groups excluding tert-OH is 1. The van der Waals surface area contributed by atoms with Crippen molar-refractivity contribution < 1.29 is 9.90 Å². The molecule has 2 aliphatic carbocycles. The van der Waals surface area contributed by atoms with Crippen molar-refractivity contribution in [1.82, 2.24) is 0 Å². The Morgan fingerprint density at radius 1 is 1.32 bits per heavy atom. The molecule has 0 amide bonds. The maximum absolute atomic E-state index is 12.8. The van der Waals surface area contributed by atoms with Crippen LogP contribution in [0.25, 0.3) is 6.08 Å². The molecular formula is C19H23BrO2. The van der Waals surface area contributed by atoms with Gasteiger partial charge in [-0.25, -0.2) is 0 Å². The van der Waals surface area contributed by atoms with Gasteiger partial charge in [0.15, 0.2) is 5.78 Å². The van der Waals surface area contributed by atoms with Gasteiger partial charge in [-0.1, -0.05) is 54.4 Å². The number of benzene rings is 1. The first kappa shape index (κ1) is 15.9. The Morgan fingerprint density at radius 2 is 2.05 bits per heavy atom. The Kier molecular flexibility index (Phi) is 4.30. The van der Waals surface area contributed by atoms with Crippen LogP contribution in [-0.4, -0.2) is 17.0 Å². The Labute approximate surface area is 140 Å². The zero-order valence-electron chi connectivity index (χ0n) is 13.2. The summed E-state index contributed by atoms with van der Waals surface area (Å²) in [5, 5.41) is 10.6. The van der Waals surface area contributed by atoms with Gasteiger partial charge < -0.3 is 5.11 Å². The molecule has 0 aromatic heterocycles. The Bertz CT molecular complexity index is 622. The van der Waals surface area contributed by atoms with E-state index in [2.05, 4.69) is 22.9 Å². The summed E-state index contributed by atoms with van der Waals surface area (Å²) in [6.07, 6.45) is 5.33. The van der Waals surface area contributed by atoms with E-state index >= 15 is 0 Å². The molecule has 3 heteroatoms. The summed E-state index contributed by atoms with van der Waals surface area (Å²) in [6.45, 7) is 4.20. The fourth-order valence-electron chi connectivity index (χ4n) is 4.38. The number of carbonyl (C=O) groups excluding carboxylic acids is 1. The summed E-state index contributed by atoms with van der Waals surface area (Å²) in [5.74, 6) is 0.565. The molecule has 2 unspecified atom stereocenters. The molecule has 0 saturated heterocycles. The first-order valence-corrected chi connectivity index (χ1v) is 8.90. The van der Waals surface area contributed by atoms with E-state index in [4.69, 9.17) is 0 Å². The molecule has 3 rings (SSSR count). The maximum atomic E-state index is 12.8. The predicted octanol–water partition coefficient (Wildman–Crippen LogP) is 4.61. The molecule has 2 fully saturated rings. The summed E-state index contributed by atoms with van der Waals surface area (Å²) in [4.78, 5) is 12.8. The standard InChI is InChI=1S/C19H23BrO2/c1-12-15-7-5-9-17(21)19(15,2)11-14(18(12)22)10-13-6-3-4-8-16(13)20/h3-4,6,8,10,12,15,17,21H,5,7,9,11H2,1-2H3/t12?,15?,17-,19-/m0/s1. The highest BCUT2D eigenvalue weighted by atomic mass is 79.9. The van der Waals surface area contributed by atoms with E-state index in [1.807, 2.05) is 37.3 Å². The average molecular weight is 363 g/mol. The Hall–Kier alpha value is -0.930. The first-order chi connectivity index (χ1) is 10.4. The normalized spacial score (nSPS) is 37.2. The fraction of sp³-hybridized carbons (Fsp3) is 0.526.